The van der Waals surface area contributed by atoms with Crippen LogP contribution >= 0.6 is 0 Å². The Kier molecular flexibility index (Phi) is 4.50. The number of rotatable bonds is 4. The van der Waals surface area contributed by atoms with Gasteiger partial charge in [-0.15, -0.1) is 0 Å². The van der Waals surface area contributed by atoms with E-state index in [1.165, 1.54) is 16.7 Å². The van der Waals surface area contributed by atoms with Gasteiger partial charge in [-0.25, -0.2) is 0 Å². The standard InChI is InChI=1S/C13H20N2O/c1-9-4-5-10(2)12(8-9)11(3)15-13(16)6-7-14/h4-5,8,11H,6-7,14H2,1-3H3,(H,15,16). The number of carbonyl (C=O) groups is 1. The first-order chi connectivity index (χ1) is 7.54. The topological polar surface area (TPSA) is 55.1 Å². The molecule has 1 atom stereocenters. The lowest BCUT2D eigenvalue weighted by molar-refractivity contribution is -0.121. The number of hydrogen-bond acceptors (Lipinski definition) is 2. The molecule has 0 aromatic heterocycles. The van der Waals surface area contributed by atoms with E-state index in [1.54, 1.807) is 0 Å². The van der Waals surface area contributed by atoms with Crippen LogP contribution in [0.3, 0.4) is 0 Å². The van der Waals surface area contributed by atoms with Crippen LogP contribution in [0, 0.1) is 13.8 Å². The average Bonchev–Trinajstić information content (AvgIpc) is 2.21. The molecular weight excluding hydrogens is 200 g/mol. The van der Waals surface area contributed by atoms with Crippen molar-refractivity contribution < 1.29 is 4.79 Å². The maximum absolute atomic E-state index is 11.4. The summed E-state index contributed by atoms with van der Waals surface area (Å²) in [4.78, 5) is 11.4. The van der Waals surface area contributed by atoms with Gasteiger partial charge >= 0.3 is 0 Å². The van der Waals surface area contributed by atoms with E-state index in [9.17, 15) is 4.79 Å². The highest BCUT2D eigenvalue weighted by Crippen LogP contribution is 2.18. The summed E-state index contributed by atoms with van der Waals surface area (Å²) in [6, 6.07) is 6.31. The number of benzene rings is 1. The van der Waals surface area contributed by atoms with Gasteiger partial charge < -0.3 is 11.1 Å². The molecule has 3 nitrogen and oxygen atoms in total. The van der Waals surface area contributed by atoms with Crippen LogP contribution < -0.4 is 11.1 Å². The Bertz CT molecular complexity index is 374. The summed E-state index contributed by atoms with van der Waals surface area (Å²) < 4.78 is 0. The Morgan fingerprint density at radius 3 is 2.75 bits per heavy atom. The fourth-order valence-corrected chi connectivity index (χ4v) is 1.75. The molecule has 0 aliphatic carbocycles. The second-order valence-electron chi connectivity index (χ2n) is 4.19. The smallest absolute Gasteiger partial charge is 0.221 e. The van der Waals surface area contributed by atoms with Crippen molar-refractivity contribution in [1.82, 2.24) is 5.32 Å². The fourth-order valence-electron chi connectivity index (χ4n) is 1.75. The van der Waals surface area contributed by atoms with Gasteiger partial charge in [-0.3, -0.25) is 4.79 Å². The molecule has 0 fully saturated rings. The van der Waals surface area contributed by atoms with Crippen LogP contribution in [0.4, 0.5) is 0 Å². The Balaban J connectivity index is 2.76. The first-order valence-electron chi connectivity index (χ1n) is 5.61. The third-order valence-corrected chi connectivity index (χ3v) is 2.65. The quantitative estimate of drug-likeness (QED) is 0.813. The molecule has 0 aliphatic heterocycles. The van der Waals surface area contributed by atoms with Crippen molar-refractivity contribution in [2.24, 2.45) is 5.73 Å². The molecule has 3 heteroatoms. The summed E-state index contributed by atoms with van der Waals surface area (Å²) in [6.07, 6.45) is 0.384. The third kappa shape index (κ3) is 3.35. The van der Waals surface area contributed by atoms with Gasteiger partial charge in [0.2, 0.25) is 5.91 Å². The van der Waals surface area contributed by atoms with Gasteiger partial charge in [0, 0.05) is 13.0 Å². The highest BCUT2D eigenvalue weighted by Gasteiger charge is 2.10. The summed E-state index contributed by atoms with van der Waals surface area (Å²) in [7, 11) is 0. The van der Waals surface area contributed by atoms with Crippen LogP contribution in [0.2, 0.25) is 0 Å². The van der Waals surface area contributed by atoms with Gasteiger partial charge in [-0.1, -0.05) is 23.8 Å². The highest BCUT2D eigenvalue weighted by molar-refractivity contribution is 5.76. The van der Waals surface area contributed by atoms with Crippen LogP contribution in [0.1, 0.15) is 36.1 Å². The molecule has 0 heterocycles. The van der Waals surface area contributed by atoms with Crippen LogP contribution in [0.15, 0.2) is 18.2 Å². The molecule has 0 radical (unpaired) electrons. The number of carbonyl (C=O) groups excluding carboxylic acids is 1. The summed E-state index contributed by atoms with van der Waals surface area (Å²) in [5.74, 6) is 0.0101. The first-order valence-corrected chi connectivity index (χ1v) is 5.61. The molecule has 1 rings (SSSR count). The minimum absolute atomic E-state index is 0.0101. The second kappa shape index (κ2) is 5.66. The number of aryl methyl sites for hydroxylation is 2. The van der Waals surface area contributed by atoms with Gasteiger partial charge in [0.05, 0.1) is 6.04 Å². The van der Waals surface area contributed by atoms with Gasteiger partial charge in [0.25, 0.3) is 0 Å². The molecule has 0 bridgehead atoms. The summed E-state index contributed by atoms with van der Waals surface area (Å²) >= 11 is 0. The molecule has 0 saturated carbocycles. The molecule has 16 heavy (non-hydrogen) atoms. The highest BCUT2D eigenvalue weighted by atomic mass is 16.1. The third-order valence-electron chi connectivity index (χ3n) is 2.65. The van der Waals surface area contributed by atoms with E-state index < -0.39 is 0 Å². The minimum atomic E-state index is 0.0101. The normalized spacial score (nSPS) is 12.2. The lowest BCUT2D eigenvalue weighted by Gasteiger charge is -2.17. The first kappa shape index (κ1) is 12.7. The Morgan fingerprint density at radius 1 is 1.44 bits per heavy atom. The molecule has 0 aliphatic rings. The van der Waals surface area contributed by atoms with Gasteiger partial charge in [-0.2, -0.15) is 0 Å². The van der Waals surface area contributed by atoms with Gasteiger partial charge in [-0.05, 0) is 31.9 Å². The zero-order valence-electron chi connectivity index (χ0n) is 10.2. The van der Waals surface area contributed by atoms with E-state index in [0.29, 0.717) is 13.0 Å². The van der Waals surface area contributed by atoms with Gasteiger partial charge in [0.1, 0.15) is 0 Å². The SMILES string of the molecule is Cc1ccc(C)c(C(C)NC(=O)CCN)c1. The maximum Gasteiger partial charge on any atom is 0.221 e. The lowest BCUT2D eigenvalue weighted by atomic mass is 10.00. The second-order valence-corrected chi connectivity index (χ2v) is 4.19. The molecule has 3 N–H and O–H groups in total. The van der Waals surface area contributed by atoms with Crippen molar-refractivity contribution >= 4 is 5.91 Å². The monoisotopic (exact) mass is 220 g/mol. The van der Waals surface area contributed by atoms with E-state index in [-0.39, 0.29) is 11.9 Å². The van der Waals surface area contributed by atoms with Crippen LogP contribution in [0.25, 0.3) is 0 Å². The van der Waals surface area contributed by atoms with Crippen LogP contribution in [0.5, 0.6) is 0 Å². The molecule has 1 aromatic carbocycles. The van der Waals surface area contributed by atoms with E-state index in [2.05, 4.69) is 37.4 Å². The fraction of sp³-hybridized carbons (Fsp3) is 0.462. The van der Waals surface area contributed by atoms with Gasteiger partial charge in [0.15, 0.2) is 0 Å². The Morgan fingerprint density at radius 2 is 2.12 bits per heavy atom. The lowest BCUT2D eigenvalue weighted by Crippen LogP contribution is -2.28. The van der Waals surface area contributed by atoms with E-state index in [4.69, 9.17) is 5.73 Å². The number of nitrogens with two attached hydrogens (primary N) is 1. The predicted molar refractivity (Wildman–Crippen MR) is 66.1 cm³/mol. The maximum atomic E-state index is 11.4. The Hall–Kier alpha value is -1.35. The summed E-state index contributed by atoms with van der Waals surface area (Å²) in [6.45, 7) is 6.50. The molecule has 1 amide bonds. The van der Waals surface area contributed by atoms with Crippen molar-refractivity contribution in [2.45, 2.75) is 33.2 Å². The van der Waals surface area contributed by atoms with Crippen LogP contribution in [-0.4, -0.2) is 12.5 Å². The van der Waals surface area contributed by atoms with Crippen LogP contribution in [-0.2, 0) is 4.79 Å². The molecule has 0 spiro atoms. The molecule has 88 valence electrons. The zero-order chi connectivity index (χ0) is 12.1. The largest absolute Gasteiger partial charge is 0.350 e. The molecule has 1 unspecified atom stereocenters. The van der Waals surface area contributed by atoms with Crippen molar-refractivity contribution in [3.63, 3.8) is 0 Å². The molecule has 1 aromatic rings. The number of hydrogen-bond donors (Lipinski definition) is 2. The zero-order valence-corrected chi connectivity index (χ0v) is 10.2. The van der Waals surface area contributed by atoms with E-state index >= 15 is 0 Å². The van der Waals surface area contributed by atoms with E-state index in [1.807, 2.05) is 6.92 Å². The average molecular weight is 220 g/mol. The molecule has 0 saturated heterocycles. The summed E-state index contributed by atoms with van der Waals surface area (Å²) in [5, 5.41) is 2.95. The number of amides is 1. The van der Waals surface area contributed by atoms with Crippen molar-refractivity contribution in [2.75, 3.05) is 6.54 Å². The summed E-state index contributed by atoms with van der Waals surface area (Å²) in [5.41, 5.74) is 8.92. The predicted octanol–water partition coefficient (Wildman–Crippen LogP) is 1.83. The minimum Gasteiger partial charge on any atom is -0.350 e. The van der Waals surface area contributed by atoms with Crippen molar-refractivity contribution in [3.8, 4) is 0 Å². The Labute approximate surface area is 97.0 Å². The van der Waals surface area contributed by atoms with Crippen molar-refractivity contribution in [3.05, 3.63) is 34.9 Å². The number of nitrogens with one attached hydrogen (secondary N) is 1. The van der Waals surface area contributed by atoms with Crippen molar-refractivity contribution in [1.29, 1.82) is 0 Å². The molecular formula is C13H20N2O. The van der Waals surface area contributed by atoms with E-state index in [0.717, 1.165) is 0 Å².